The molecule has 0 amide bonds. The van der Waals surface area contributed by atoms with Gasteiger partial charge >= 0.3 is 5.97 Å². The molecule has 88 valence electrons. The largest absolute Gasteiger partial charge is 0.380 e. The van der Waals surface area contributed by atoms with Crippen molar-refractivity contribution in [1.29, 1.82) is 0 Å². The van der Waals surface area contributed by atoms with Gasteiger partial charge in [-0.15, -0.1) is 0 Å². The molecule has 0 saturated heterocycles. The fourth-order valence-electron chi connectivity index (χ4n) is 1.69. The van der Waals surface area contributed by atoms with E-state index in [2.05, 4.69) is 6.92 Å². The lowest BCUT2D eigenvalue weighted by Gasteiger charge is -1.99. The molecule has 0 N–H and O–H groups in total. The van der Waals surface area contributed by atoms with Crippen molar-refractivity contribution >= 4 is 16.9 Å². The first kappa shape index (κ1) is 11.6. The van der Waals surface area contributed by atoms with E-state index in [1.807, 2.05) is 36.4 Å². The van der Waals surface area contributed by atoms with Gasteiger partial charge in [0, 0.05) is 16.9 Å². The first-order valence-corrected chi connectivity index (χ1v) is 5.92. The predicted octanol–water partition coefficient (Wildman–Crippen LogP) is 2.27. The predicted molar refractivity (Wildman–Crippen MR) is 65.3 cm³/mol. The van der Waals surface area contributed by atoms with Gasteiger partial charge in [0.1, 0.15) is 0 Å². The number of carbonyl (C=O) groups excluding carboxylic acids is 1. The Kier molecular flexibility index (Phi) is 3.70. The summed E-state index contributed by atoms with van der Waals surface area (Å²) in [5.41, 5.74) is 0.903. The molecule has 2 rings (SSSR count). The van der Waals surface area contributed by atoms with Gasteiger partial charge in [0.15, 0.2) is 0 Å². The van der Waals surface area contributed by atoms with Gasteiger partial charge in [-0.1, -0.05) is 25.5 Å². The quantitative estimate of drug-likeness (QED) is 0.754. The summed E-state index contributed by atoms with van der Waals surface area (Å²) in [6.45, 7) is 2.05. The van der Waals surface area contributed by atoms with E-state index in [9.17, 15) is 4.79 Å². The minimum atomic E-state index is -0.187. The highest BCUT2D eigenvalue weighted by molar-refractivity contribution is 5.75. The molecule has 0 fully saturated rings. The van der Waals surface area contributed by atoms with E-state index in [0.717, 1.165) is 23.7 Å². The summed E-state index contributed by atoms with van der Waals surface area (Å²) in [7, 11) is 0. The summed E-state index contributed by atoms with van der Waals surface area (Å²) in [4.78, 5) is 16.9. The molecule has 0 saturated carbocycles. The minimum Gasteiger partial charge on any atom is -0.245 e. The summed E-state index contributed by atoms with van der Waals surface area (Å²) < 4.78 is 1.54. The lowest BCUT2D eigenvalue weighted by molar-refractivity contribution is -0.848. The first-order chi connectivity index (χ1) is 8.31. The molecule has 2 aromatic rings. The number of nitrogens with zero attached hydrogens (tertiary/aromatic N) is 1. The number of benzene rings is 1. The second-order valence-electron chi connectivity index (χ2n) is 3.96. The molecule has 17 heavy (non-hydrogen) atoms. The molecule has 0 atom stereocenters. The Labute approximate surface area is 101 Å². The van der Waals surface area contributed by atoms with E-state index in [1.54, 1.807) is 6.20 Å². The standard InChI is InChI=1S/C14H16NO2/c1-2-3-10-14(16)17-15-11-6-8-12-7-4-5-9-13(12)15/h4-9,11H,2-3,10H2,1H3/q+1. The van der Waals surface area contributed by atoms with Crippen molar-refractivity contribution in [3.05, 3.63) is 42.6 Å². The van der Waals surface area contributed by atoms with Crippen LogP contribution in [0, 0.1) is 0 Å². The molecule has 3 heteroatoms. The normalized spacial score (nSPS) is 10.4. The lowest BCUT2D eigenvalue weighted by atomic mass is 10.2. The fourth-order valence-corrected chi connectivity index (χ4v) is 1.69. The van der Waals surface area contributed by atoms with Crippen LogP contribution in [-0.2, 0) is 4.79 Å². The number of unbranched alkanes of at least 4 members (excludes halogenated alkanes) is 1. The van der Waals surface area contributed by atoms with Crippen LogP contribution in [0.5, 0.6) is 0 Å². The van der Waals surface area contributed by atoms with Gasteiger partial charge < -0.3 is 0 Å². The highest BCUT2D eigenvalue weighted by Crippen LogP contribution is 2.07. The molecule has 0 unspecified atom stereocenters. The average molecular weight is 230 g/mol. The van der Waals surface area contributed by atoms with Gasteiger partial charge in [0.25, 0.3) is 5.52 Å². The minimum absolute atomic E-state index is 0.187. The second kappa shape index (κ2) is 5.43. The summed E-state index contributed by atoms with van der Waals surface area (Å²) in [5, 5.41) is 1.05. The molecule has 0 aliphatic rings. The topological polar surface area (TPSA) is 30.2 Å². The van der Waals surface area contributed by atoms with Gasteiger partial charge in [-0.05, 0) is 18.6 Å². The molecular formula is C14H16NO2+. The van der Waals surface area contributed by atoms with E-state index in [-0.39, 0.29) is 5.97 Å². The SMILES string of the molecule is CCCCC(=O)O[n+]1cccc2ccccc21. The molecule has 0 aliphatic carbocycles. The lowest BCUT2D eigenvalue weighted by Crippen LogP contribution is -2.46. The van der Waals surface area contributed by atoms with Crippen LogP contribution in [-0.4, -0.2) is 5.97 Å². The monoisotopic (exact) mass is 230 g/mol. The van der Waals surface area contributed by atoms with Crippen LogP contribution in [0.25, 0.3) is 10.9 Å². The molecule has 3 nitrogen and oxygen atoms in total. The summed E-state index contributed by atoms with van der Waals surface area (Å²) in [6, 6.07) is 11.7. The van der Waals surface area contributed by atoms with E-state index in [0.29, 0.717) is 6.42 Å². The Morgan fingerprint density at radius 1 is 1.24 bits per heavy atom. The summed E-state index contributed by atoms with van der Waals surface area (Å²) in [5.74, 6) is -0.187. The van der Waals surface area contributed by atoms with E-state index in [4.69, 9.17) is 4.84 Å². The number of carbonyl (C=O) groups is 1. The third kappa shape index (κ3) is 2.81. The van der Waals surface area contributed by atoms with Crippen LogP contribution >= 0.6 is 0 Å². The number of aromatic nitrogens is 1. The van der Waals surface area contributed by atoms with Crippen molar-refractivity contribution in [2.45, 2.75) is 26.2 Å². The molecule has 0 spiro atoms. The number of rotatable bonds is 4. The van der Waals surface area contributed by atoms with Crippen molar-refractivity contribution < 1.29 is 14.4 Å². The number of para-hydroxylation sites is 1. The van der Waals surface area contributed by atoms with Crippen LogP contribution < -0.4 is 9.57 Å². The van der Waals surface area contributed by atoms with Crippen LogP contribution in [0.2, 0.25) is 0 Å². The van der Waals surface area contributed by atoms with Crippen molar-refractivity contribution in [2.75, 3.05) is 0 Å². The van der Waals surface area contributed by atoms with E-state index >= 15 is 0 Å². The maximum atomic E-state index is 11.6. The van der Waals surface area contributed by atoms with Crippen molar-refractivity contribution in [3.8, 4) is 0 Å². The van der Waals surface area contributed by atoms with Crippen LogP contribution in [0.4, 0.5) is 0 Å². The molecule has 0 aliphatic heterocycles. The maximum Gasteiger partial charge on any atom is 0.380 e. The van der Waals surface area contributed by atoms with Gasteiger partial charge in [0.2, 0.25) is 6.20 Å². The Balaban J connectivity index is 2.21. The van der Waals surface area contributed by atoms with Crippen molar-refractivity contribution in [2.24, 2.45) is 0 Å². The third-order valence-corrected chi connectivity index (χ3v) is 2.61. The van der Waals surface area contributed by atoms with Crippen molar-refractivity contribution in [1.82, 2.24) is 0 Å². The van der Waals surface area contributed by atoms with Gasteiger partial charge in [0.05, 0.1) is 11.8 Å². The van der Waals surface area contributed by atoms with Gasteiger partial charge in [-0.3, -0.25) is 0 Å². The van der Waals surface area contributed by atoms with E-state index in [1.165, 1.54) is 4.73 Å². The second-order valence-corrected chi connectivity index (χ2v) is 3.96. The van der Waals surface area contributed by atoms with Crippen LogP contribution in [0.3, 0.4) is 0 Å². The molecule has 1 aromatic carbocycles. The number of fused-ring (bicyclic) bond motifs is 1. The van der Waals surface area contributed by atoms with Gasteiger partial charge in [-0.2, -0.15) is 4.84 Å². The van der Waals surface area contributed by atoms with Crippen LogP contribution in [0.1, 0.15) is 26.2 Å². The molecular weight excluding hydrogens is 214 g/mol. The fraction of sp³-hybridized carbons (Fsp3) is 0.286. The van der Waals surface area contributed by atoms with Gasteiger partial charge in [-0.25, -0.2) is 4.79 Å². The third-order valence-electron chi connectivity index (χ3n) is 2.61. The highest BCUT2D eigenvalue weighted by atomic mass is 16.7. The van der Waals surface area contributed by atoms with E-state index < -0.39 is 0 Å². The molecule has 0 radical (unpaired) electrons. The molecule has 1 aromatic heterocycles. The zero-order chi connectivity index (χ0) is 12.1. The number of hydrogen-bond donors (Lipinski definition) is 0. The molecule has 1 heterocycles. The Morgan fingerprint density at radius 2 is 2.00 bits per heavy atom. The Morgan fingerprint density at radius 3 is 2.82 bits per heavy atom. The maximum absolute atomic E-state index is 11.6. The summed E-state index contributed by atoms with van der Waals surface area (Å²) >= 11 is 0. The average Bonchev–Trinajstić information content (AvgIpc) is 2.37. The molecule has 0 bridgehead atoms. The zero-order valence-electron chi connectivity index (χ0n) is 9.93. The number of pyridine rings is 1. The smallest absolute Gasteiger partial charge is 0.245 e. The zero-order valence-corrected chi connectivity index (χ0v) is 9.93. The van der Waals surface area contributed by atoms with Crippen molar-refractivity contribution in [3.63, 3.8) is 0 Å². The highest BCUT2D eigenvalue weighted by Gasteiger charge is 2.14. The number of hydrogen-bond acceptors (Lipinski definition) is 2. The summed E-state index contributed by atoms with van der Waals surface area (Å²) in [6.07, 6.45) is 4.08. The Bertz CT molecular complexity index is 517. The Hall–Kier alpha value is -1.90. The first-order valence-electron chi connectivity index (χ1n) is 5.92. The van der Waals surface area contributed by atoms with Crippen LogP contribution in [0.15, 0.2) is 42.6 Å².